The van der Waals surface area contributed by atoms with Crippen molar-refractivity contribution in [1.29, 1.82) is 0 Å². The normalized spacial score (nSPS) is 11.1. The molecule has 4 aromatic rings. The molecule has 0 aliphatic carbocycles. The van der Waals surface area contributed by atoms with E-state index in [4.69, 9.17) is 9.15 Å². The highest BCUT2D eigenvalue weighted by Crippen LogP contribution is 2.21. The fourth-order valence-electron chi connectivity index (χ4n) is 3.02. The van der Waals surface area contributed by atoms with Crippen LogP contribution in [0.2, 0.25) is 0 Å². The lowest BCUT2D eigenvalue weighted by atomic mass is 10.1. The van der Waals surface area contributed by atoms with E-state index in [1.807, 2.05) is 49.4 Å². The van der Waals surface area contributed by atoms with Gasteiger partial charge in [-0.2, -0.15) is 0 Å². The number of ether oxygens (including phenoxy) is 1. The molecule has 0 atom stereocenters. The van der Waals surface area contributed by atoms with Crippen molar-refractivity contribution >= 4 is 27.8 Å². The van der Waals surface area contributed by atoms with Gasteiger partial charge in [-0.3, -0.25) is 0 Å². The first-order valence-electron chi connectivity index (χ1n) is 8.44. The van der Waals surface area contributed by atoms with E-state index in [0.29, 0.717) is 16.8 Å². The zero-order chi connectivity index (χ0) is 18.1. The quantitative estimate of drug-likeness (QED) is 0.444. The molecule has 0 radical (unpaired) electrons. The van der Waals surface area contributed by atoms with Crippen LogP contribution in [0.15, 0.2) is 63.8 Å². The maximum absolute atomic E-state index is 12.4. The van der Waals surface area contributed by atoms with E-state index in [-0.39, 0.29) is 6.61 Å². The predicted molar refractivity (Wildman–Crippen MR) is 99.3 cm³/mol. The highest BCUT2D eigenvalue weighted by molar-refractivity contribution is 5.94. The topological polar surface area (TPSA) is 72.3 Å². The third kappa shape index (κ3) is 2.99. The Kier molecular flexibility index (Phi) is 4.05. The molecule has 0 bridgehead atoms. The molecule has 0 amide bonds. The molecule has 26 heavy (non-hydrogen) atoms. The van der Waals surface area contributed by atoms with Crippen LogP contribution in [0.4, 0.5) is 0 Å². The van der Waals surface area contributed by atoms with Crippen molar-refractivity contribution in [3.63, 3.8) is 0 Å². The van der Waals surface area contributed by atoms with Gasteiger partial charge in [0.05, 0.1) is 0 Å². The number of fused-ring (bicyclic) bond motifs is 2. The number of nitrogens with one attached hydrogen (secondary N) is 1. The van der Waals surface area contributed by atoms with Gasteiger partial charge in [0.2, 0.25) is 0 Å². The van der Waals surface area contributed by atoms with E-state index >= 15 is 0 Å². The molecule has 0 aliphatic heterocycles. The number of hydrogen-bond donors (Lipinski definition) is 1. The van der Waals surface area contributed by atoms with Crippen molar-refractivity contribution in [3.8, 4) is 0 Å². The van der Waals surface area contributed by atoms with E-state index in [9.17, 15) is 9.59 Å². The minimum absolute atomic E-state index is 0.00176. The summed E-state index contributed by atoms with van der Waals surface area (Å²) in [6.45, 7) is 2.03. The first kappa shape index (κ1) is 16.1. The third-order valence-corrected chi connectivity index (χ3v) is 4.41. The number of carbonyl (C=O) groups excluding carboxylic acids is 1. The average Bonchev–Trinajstić information content (AvgIpc) is 3.09. The summed E-state index contributed by atoms with van der Waals surface area (Å²) >= 11 is 0. The fraction of sp³-hybridized carbons (Fsp3) is 0.143. The zero-order valence-electron chi connectivity index (χ0n) is 14.2. The summed E-state index contributed by atoms with van der Waals surface area (Å²) in [4.78, 5) is 27.2. The van der Waals surface area contributed by atoms with E-state index in [0.717, 1.165) is 28.3 Å². The smallest absolute Gasteiger partial charge is 0.355 e. The van der Waals surface area contributed by atoms with Crippen LogP contribution in [0.3, 0.4) is 0 Å². The van der Waals surface area contributed by atoms with Crippen LogP contribution in [0.1, 0.15) is 28.5 Å². The minimum Gasteiger partial charge on any atom is -0.456 e. The lowest BCUT2D eigenvalue weighted by molar-refractivity contribution is 0.0468. The SMILES string of the molecule is CCc1ccc2c(COC(=O)c3cc4ccccc4[nH]3)cc(=O)oc2c1. The van der Waals surface area contributed by atoms with Gasteiger partial charge in [-0.15, -0.1) is 0 Å². The highest BCUT2D eigenvalue weighted by atomic mass is 16.5. The number of carbonyl (C=O) groups is 1. The molecule has 1 N–H and O–H groups in total. The zero-order valence-corrected chi connectivity index (χ0v) is 14.2. The van der Waals surface area contributed by atoms with Crippen molar-refractivity contribution in [2.24, 2.45) is 0 Å². The predicted octanol–water partition coefficient (Wildman–Crippen LogP) is 4.19. The number of aromatic amines is 1. The number of aryl methyl sites for hydroxylation is 1. The molecular formula is C21H17NO4. The molecule has 2 aromatic carbocycles. The van der Waals surface area contributed by atoms with E-state index in [1.165, 1.54) is 6.07 Å². The Bertz CT molecular complexity index is 1140. The standard InChI is InChI=1S/C21H17NO4/c1-2-13-7-8-16-15(11-20(23)26-19(16)9-13)12-25-21(24)18-10-14-5-3-4-6-17(14)22-18/h3-11,22H,2,12H2,1H3. The molecule has 0 aliphatic rings. The van der Waals surface area contributed by atoms with Gasteiger partial charge in [-0.25, -0.2) is 9.59 Å². The van der Waals surface area contributed by atoms with Crippen molar-refractivity contribution < 1.29 is 13.9 Å². The number of hydrogen-bond acceptors (Lipinski definition) is 4. The Hall–Kier alpha value is -3.34. The van der Waals surface area contributed by atoms with Crippen LogP contribution in [0.25, 0.3) is 21.9 Å². The van der Waals surface area contributed by atoms with Crippen LogP contribution in [-0.4, -0.2) is 11.0 Å². The molecular weight excluding hydrogens is 330 g/mol. The molecule has 2 aromatic heterocycles. The summed E-state index contributed by atoms with van der Waals surface area (Å²) in [7, 11) is 0. The van der Waals surface area contributed by atoms with Gasteiger partial charge in [0.25, 0.3) is 0 Å². The molecule has 5 nitrogen and oxygen atoms in total. The maximum Gasteiger partial charge on any atom is 0.355 e. The van der Waals surface area contributed by atoms with Gasteiger partial charge >= 0.3 is 11.6 Å². The Morgan fingerprint density at radius 2 is 1.96 bits per heavy atom. The van der Waals surface area contributed by atoms with Crippen LogP contribution in [-0.2, 0) is 17.8 Å². The van der Waals surface area contributed by atoms with Gasteiger partial charge in [0, 0.05) is 27.9 Å². The van der Waals surface area contributed by atoms with E-state index < -0.39 is 11.6 Å². The summed E-state index contributed by atoms with van der Waals surface area (Å²) in [5, 5.41) is 1.71. The van der Waals surface area contributed by atoms with Crippen LogP contribution in [0, 0.1) is 0 Å². The lowest BCUT2D eigenvalue weighted by Crippen LogP contribution is -2.08. The number of rotatable bonds is 4. The fourth-order valence-corrected chi connectivity index (χ4v) is 3.02. The monoisotopic (exact) mass is 347 g/mol. The second-order valence-electron chi connectivity index (χ2n) is 6.12. The lowest BCUT2D eigenvalue weighted by Gasteiger charge is -2.07. The summed E-state index contributed by atoms with van der Waals surface area (Å²) < 4.78 is 10.7. The molecule has 0 fully saturated rings. The first-order valence-corrected chi connectivity index (χ1v) is 8.44. The second kappa shape index (κ2) is 6.52. The van der Waals surface area contributed by atoms with Gasteiger partial charge < -0.3 is 14.1 Å². The van der Waals surface area contributed by atoms with Gasteiger partial charge in [-0.1, -0.05) is 37.3 Å². The minimum atomic E-state index is -0.465. The summed E-state index contributed by atoms with van der Waals surface area (Å²) in [6.07, 6.45) is 0.846. The average molecular weight is 347 g/mol. The molecule has 130 valence electrons. The molecule has 5 heteroatoms. The first-order chi connectivity index (χ1) is 12.6. The Morgan fingerprint density at radius 3 is 2.77 bits per heavy atom. The molecule has 0 saturated carbocycles. The number of aromatic nitrogens is 1. The Morgan fingerprint density at radius 1 is 1.12 bits per heavy atom. The molecule has 2 heterocycles. The van der Waals surface area contributed by atoms with Crippen molar-refractivity contribution in [2.75, 3.05) is 0 Å². The van der Waals surface area contributed by atoms with Crippen LogP contribution >= 0.6 is 0 Å². The van der Waals surface area contributed by atoms with E-state index in [2.05, 4.69) is 4.98 Å². The van der Waals surface area contributed by atoms with Gasteiger partial charge in [0.15, 0.2) is 0 Å². The molecule has 4 rings (SSSR count). The van der Waals surface area contributed by atoms with Gasteiger partial charge in [-0.05, 0) is 30.2 Å². The highest BCUT2D eigenvalue weighted by Gasteiger charge is 2.13. The number of H-pyrrole nitrogens is 1. The summed E-state index contributed by atoms with van der Waals surface area (Å²) in [5.41, 5.74) is 3.01. The molecule has 0 saturated heterocycles. The van der Waals surface area contributed by atoms with Crippen LogP contribution in [0.5, 0.6) is 0 Å². The second-order valence-corrected chi connectivity index (χ2v) is 6.12. The summed E-state index contributed by atoms with van der Waals surface area (Å²) in [5.74, 6) is -0.465. The number of para-hydroxylation sites is 1. The Balaban J connectivity index is 1.60. The molecule has 0 spiro atoms. The van der Waals surface area contributed by atoms with Crippen molar-refractivity contribution in [1.82, 2.24) is 4.98 Å². The van der Waals surface area contributed by atoms with Crippen molar-refractivity contribution in [3.05, 3.63) is 81.8 Å². The van der Waals surface area contributed by atoms with Crippen molar-refractivity contribution in [2.45, 2.75) is 20.0 Å². The largest absolute Gasteiger partial charge is 0.456 e. The van der Waals surface area contributed by atoms with Gasteiger partial charge in [0.1, 0.15) is 17.9 Å². The maximum atomic E-state index is 12.4. The number of esters is 1. The molecule has 0 unspecified atom stereocenters. The summed E-state index contributed by atoms with van der Waals surface area (Å²) in [6, 6.07) is 16.5. The van der Waals surface area contributed by atoms with Crippen LogP contribution < -0.4 is 5.63 Å². The Labute approximate surface area is 149 Å². The van der Waals surface area contributed by atoms with E-state index in [1.54, 1.807) is 6.07 Å². The third-order valence-electron chi connectivity index (χ3n) is 4.41. The number of benzene rings is 2.